The highest BCUT2D eigenvalue weighted by Crippen LogP contribution is 2.28. The largest absolute Gasteiger partial charge is 0.376 e. The lowest BCUT2D eigenvalue weighted by Crippen LogP contribution is -2.35. The van der Waals surface area contributed by atoms with E-state index in [2.05, 4.69) is 15.3 Å². The molecule has 3 rings (SSSR count). The number of thiazole rings is 2. The molecule has 3 heterocycles. The Morgan fingerprint density at radius 1 is 1.50 bits per heavy atom. The first-order chi connectivity index (χ1) is 11.5. The lowest BCUT2D eigenvalue weighted by molar-refractivity contribution is -0.116. The Morgan fingerprint density at radius 3 is 2.96 bits per heavy atom. The van der Waals surface area contributed by atoms with Crippen LogP contribution in [0.15, 0.2) is 11.6 Å². The molecular weight excluding hydrogens is 348 g/mol. The topological polar surface area (TPSA) is 84.4 Å². The molecule has 7 nitrogen and oxygen atoms in total. The van der Waals surface area contributed by atoms with Crippen molar-refractivity contribution in [3.05, 3.63) is 22.1 Å². The molecule has 0 radical (unpaired) electrons. The predicted molar refractivity (Wildman–Crippen MR) is 93.9 cm³/mol. The quantitative estimate of drug-likeness (QED) is 0.879. The summed E-state index contributed by atoms with van der Waals surface area (Å²) >= 11 is 2.56. The summed E-state index contributed by atoms with van der Waals surface area (Å²) in [5, 5.41) is 5.60. The van der Waals surface area contributed by atoms with Crippen molar-refractivity contribution in [2.75, 3.05) is 23.4 Å². The summed E-state index contributed by atoms with van der Waals surface area (Å²) in [5.74, 6) is -0.363. The zero-order valence-corrected chi connectivity index (χ0v) is 15.1. The number of carbonyl (C=O) groups excluding carboxylic acids is 2. The normalized spacial score (nSPS) is 17.0. The number of rotatable bonds is 5. The van der Waals surface area contributed by atoms with Gasteiger partial charge in [-0.2, -0.15) is 0 Å². The smallest absolute Gasteiger partial charge is 0.269 e. The number of nitrogens with one attached hydrogen (secondary N) is 1. The molecule has 1 saturated heterocycles. The maximum absolute atomic E-state index is 12.4. The Labute approximate surface area is 147 Å². The molecule has 0 aliphatic carbocycles. The monoisotopic (exact) mass is 366 g/mol. The molecule has 0 aromatic carbocycles. The molecular formula is C15H18N4O3S2. The van der Waals surface area contributed by atoms with Crippen molar-refractivity contribution < 1.29 is 14.3 Å². The Bertz CT molecular complexity index is 723. The van der Waals surface area contributed by atoms with Gasteiger partial charge in [0.15, 0.2) is 10.3 Å². The number of hydrogen-bond acceptors (Lipinski definition) is 7. The fourth-order valence-electron chi connectivity index (χ4n) is 2.48. The zero-order valence-electron chi connectivity index (χ0n) is 13.4. The standard InChI is InChI=1S/C15H18N4O3S2/c1-9-12(13(21)18-14-16-5-7-23-14)24-15(17-9)19(10(2)20)8-11-4-3-6-22-11/h5,7,11H,3-4,6,8H2,1-2H3,(H,16,18,21). The van der Waals surface area contributed by atoms with Crippen LogP contribution in [-0.2, 0) is 9.53 Å². The molecule has 0 saturated carbocycles. The number of aromatic nitrogens is 2. The maximum Gasteiger partial charge on any atom is 0.269 e. The number of anilines is 2. The van der Waals surface area contributed by atoms with Gasteiger partial charge in [-0.25, -0.2) is 9.97 Å². The van der Waals surface area contributed by atoms with E-state index in [4.69, 9.17) is 4.74 Å². The first-order valence-electron chi connectivity index (χ1n) is 7.62. The summed E-state index contributed by atoms with van der Waals surface area (Å²) in [5.41, 5.74) is 0.600. The molecule has 0 spiro atoms. The molecule has 2 amide bonds. The number of carbonyl (C=O) groups is 2. The van der Waals surface area contributed by atoms with Crippen molar-refractivity contribution in [2.45, 2.75) is 32.8 Å². The van der Waals surface area contributed by atoms with Crippen molar-refractivity contribution in [3.63, 3.8) is 0 Å². The van der Waals surface area contributed by atoms with Crippen LogP contribution in [0.3, 0.4) is 0 Å². The third-order valence-corrected chi connectivity index (χ3v) is 5.53. The highest BCUT2D eigenvalue weighted by molar-refractivity contribution is 7.18. The van der Waals surface area contributed by atoms with Crippen molar-refractivity contribution in [2.24, 2.45) is 0 Å². The van der Waals surface area contributed by atoms with E-state index in [-0.39, 0.29) is 17.9 Å². The fraction of sp³-hybridized carbons (Fsp3) is 0.467. The van der Waals surface area contributed by atoms with Crippen LogP contribution < -0.4 is 10.2 Å². The van der Waals surface area contributed by atoms with Gasteiger partial charge in [0.05, 0.1) is 18.3 Å². The van der Waals surface area contributed by atoms with Crippen LogP contribution in [0.5, 0.6) is 0 Å². The van der Waals surface area contributed by atoms with Crippen LogP contribution in [0, 0.1) is 6.92 Å². The SMILES string of the molecule is CC(=O)N(CC1CCCO1)c1nc(C)c(C(=O)Nc2nccs2)s1. The van der Waals surface area contributed by atoms with E-state index in [0.29, 0.717) is 27.4 Å². The molecule has 2 aromatic heterocycles. The minimum atomic E-state index is -0.258. The average Bonchev–Trinajstić information content (AvgIpc) is 3.25. The second-order valence-corrected chi connectivity index (χ2v) is 7.34. The van der Waals surface area contributed by atoms with E-state index in [1.165, 1.54) is 29.6 Å². The van der Waals surface area contributed by atoms with E-state index in [0.717, 1.165) is 19.4 Å². The Hall–Kier alpha value is -1.84. The number of amides is 2. The van der Waals surface area contributed by atoms with Crippen LogP contribution in [-0.4, -0.2) is 41.0 Å². The first kappa shape index (κ1) is 17.0. The Balaban J connectivity index is 1.77. The maximum atomic E-state index is 12.4. The van der Waals surface area contributed by atoms with E-state index in [1.807, 2.05) is 0 Å². The minimum Gasteiger partial charge on any atom is -0.376 e. The van der Waals surface area contributed by atoms with Crippen LogP contribution in [0.2, 0.25) is 0 Å². The van der Waals surface area contributed by atoms with Gasteiger partial charge in [0.2, 0.25) is 5.91 Å². The molecule has 0 bridgehead atoms. The summed E-state index contributed by atoms with van der Waals surface area (Å²) < 4.78 is 5.61. The number of nitrogens with zero attached hydrogens (tertiary/aromatic N) is 3. The summed E-state index contributed by atoms with van der Waals surface area (Å²) in [6.07, 6.45) is 3.61. The molecule has 9 heteroatoms. The third-order valence-electron chi connectivity index (χ3n) is 3.67. The molecule has 1 atom stereocenters. The molecule has 1 fully saturated rings. The third kappa shape index (κ3) is 3.80. The molecule has 1 N–H and O–H groups in total. The molecule has 2 aromatic rings. The zero-order chi connectivity index (χ0) is 17.1. The van der Waals surface area contributed by atoms with Crippen molar-refractivity contribution in [1.29, 1.82) is 0 Å². The minimum absolute atomic E-state index is 0.0331. The molecule has 128 valence electrons. The average molecular weight is 366 g/mol. The summed E-state index contributed by atoms with van der Waals surface area (Å²) in [6, 6.07) is 0. The van der Waals surface area contributed by atoms with Gasteiger partial charge in [0.25, 0.3) is 5.91 Å². The second-order valence-electron chi connectivity index (χ2n) is 5.47. The van der Waals surface area contributed by atoms with E-state index in [9.17, 15) is 9.59 Å². The van der Waals surface area contributed by atoms with E-state index < -0.39 is 0 Å². The van der Waals surface area contributed by atoms with Gasteiger partial charge in [0, 0.05) is 25.1 Å². The van der Waals surface area contributed by atoms with Gasteiger partial charge in [-0.05, 0) is 19.8 Å². The van der Waals surface area contributed by atoms with Gasteiger partial charge in [-0.3, -0.25) is 19.8 Å². The van der Waals surface area contributed by atoms with Crippen molar-refractivity contribution >= 4 is 44.8 Å². The summed E-state index contributed by atoms with van der Waals surface area (Å²) in [6.45, 7) is 4.47. The molecule has 1 unspecified atom stereocenters. The van der Waals surface area contributed by atoms with Crippen molar-refractivity contribution in [1.82, 2.24) is 9.97 Å². The summed E-state index contributed by atoms with van der Waals surface area (Å²) in [7, 11) is 0. The lowest BCUT2D eigenvalue weighted by atomic mass is 10.2. The van der Waals surface area contributed by atoms with E-state index in [1.54, 1.807) is 23.4 Å². The molecule has 1 aliphatic heterocycles. The number of aryl methyl sites for hydroxylation is 1. The van der Waals surface area contributed by atoms with Crippen LogP contribution in [0.1, 0.15) is 35.1 Å². The van der Waals surface area contributed by atoms with Crippen LogP contribution in [0.25, 0.3) is 0 Å². The first-order valence-corrected chi connectivity index (χ1v) is 9.32. The van der Waals surface area contributed by atoms with Gasteiger partial charge in [0.1, 0.15) is 4.88 Å². The van der Waals surface area contributed by atoms with Crippen molar-refractivity contribution in [3.8, 4) is 0 Å². The highest BCUT2D eigenvalue weighted by Gasteiger charge is 2.26. The van der Waals surface area contributed by atoms with Gasteiger partial charge in [-0.15, -0.1) is 11.3 Å². The summed E-state index contributed by atoms with van der Waals surface area (Å²) in [4.78, 5) is 34.9. The number of hydrogen-bond donors (Lipinski definition) is 1. The Morgan fingerprint density at radius 2 is 2.33 bits per heavy atom. The van der Waals surface area contributed by atoms with E-state index >= 15 is 0 Å². The molecule has 24 heavy (non-hydrogen) atoms. The lowest BCUT2D eigenvalue weighted by Gasteiger charge is -2.21. The van der Waals surface area contributed by atoms with Crippen LogP contribution in [0.4, 0.5) is 10.3 Å². The Kier molecular flexibility index (Phi) is 5.22. The highest BCUT2D eigenvalue weighted by atomic mass is 32.1. The van der Waals surface area contributed by atoms with Gasteiger partial charge in [-0.1, -0.05) is 11.3 Å². The number of ether oxygens (including phenoxy) is 1. The molecule has 1 aliphatic rings. The second kappa shape index (κ2) is 7.37. The van der Waals surface area contributed by atoms with Gasteiger partial charge >= 0.3 is 0 Å². The van der Waals surface area contributed by atoms with Crippen LogP contribution >= 0.6 is 22.7 Å². The van der Waals surface area contributed by atoms with Gasteiger partial charge < -0.3 is 4.74 Å². The fourth-order valence-corrected chi connectivity index (χ4v) is 4.02. The predicted octanol–water partition coefficient (Wildman–Crippen LogP) is 2.69.